The minimum Gasteiger partial charge on any atom is -0.376 e. The predicted octanol–water partition coefficient (Wildman–Crippen LogP) is 2.34. The average molecular weight is 260 g/mol. The van der Waals surface area contributed by atoms with Gasteiger partial charge in [0.2, 0.25) is 0 Å². The summed E-state index contributed by atoms with van der Waals surface area (Å²) in [6.45, 7) is 2.69. The Bertz CT molecular complexity index is 415. The van der Waals surface area contributed by atoms with E-state index in [-0.39, 0.29) is 0 Å². The molecule has 1 saturated heterocycles. The molecule has 3 rings (SSSR count). The molecule has 1 aromatic carbocycles. The lowest BCUT2D eigenvalue weighted by Crippen LogP contribution is -2.48. The van der Waals surface area contributed by atoms with Crippen LogP contribution in [0.5, 0.6) is 0 Å². The summed E-state index contributed by atoms with van der Waals surface area (Å²) < 4.78 is 5.89. The molecular formula is C16H24N2O. The molecule has 1 aromatic rings. The van der Waals surface area contributed by atoms with Gasteiger partial charge in [0, 0.05) is 25.4 Å². The Morgan fingerprint density at radius 3 is 2.95 bits per heavy atom. The number of nitrogens with zero attached hydrogens (tertiary/aromatic N) is 1. The van der Waals surface area contributed by atoms with Crippen LogP contribution in [0.2, 0.25) is 0 Å². The number of para-hydroxylation sites is 1. The lowest BCUT2D eigenvalue weighted by atomic mass is 10.0. The Kier molecular flexibility index (Phi) is 4.04. The Balaban J connectivity index is 1.89. The zero-order valence-corrected chi connectivity index (χ0v) is 11.6. The number of ether oxygens (including phenoxy) is 1. The summed E-state index contributed by atoms with van der Waals surface area (Å²) in [6, 6.07) is 9.13. The molecule has 0 spiro atoms. The highest BCUT2D eigenvalue weighted by Gasteiger charge is 2.31. The monoisotopic (exact) mass is 260 g/mol. The van der Waals surface area contributed by atoms with Gasteiger partial charge >= 0.3 is 0 Å². The van der Waals surface area contributed by atoms with Crippen LogP contribution in [-0.2, 0) is 11.2 Å². The van der Waals surface area contributed by atoms with Crippen LogP contribution < -0.4 is 10.6 Å². The van der Waals surface area contributed by atoms with E-state index in [0.717, 1.165) is 19.6 Å². The van der Waals surface area contributed by atoms with Gasteiger partial charge in [-0.15, -0.1) is 0 Å². The van der Waals surface area contributed by atoms with Gasteiger partial charge in [-0.1, -0.05) is 18.2 Å². The summed E-state index contributed by atoms with van der Waals surface area (Å²) in [5, 5.41) is 0. The fourth-order valence-corrected chi connectivity index (χ4v) is 3.45. The third-order valence-corrected chi connectivity index (χ3v) is 4.43. The van der Waals surface area contributed by atoms with E-state index in [1.54, 1.807) is 0 Å². The van der Waals surface area contributed by atoms with Gasteiger partial charge in [-0.05, 0) is 43.7 Å². The molecule has 2 unspecified atom stereocenters. The van der Waals surface area contributed by atoms with E-state index in [1.807, 2.05) is 0 Å². The van der Waals surface area contributed by atoms with E-state index in [1.165, 1.54) is 36.9 Å². The first kappa shape index (κ1) is 12.9. The summed E-state index contributed by atoms with van der Waals surface area (Å²) in [6.07, 6.45) is 6.36. The molecule has 3 heteroatoms. The first-order valence-electron chi connectivity index (χ1n) is 7.56. The van der Waals surface area contributed by atoms with Gasteiger partial charge in [0.05, 0.1) is 12.1 Å². The fraction of sp³-hybridized carbons (Fsp3) is 0.625. The van der Waals surface area contributed by atoms with Crippen molar-refractivity contribution < 1.29 is 4.74 Å². The number of aryl methyl sites for hydroxylation is 1. The van der Waals surface area contributed by atoms with Gasteiger partial charge in [-0.25, -0.2) is 0 Å². The summed E-state index contributed by atoms with van der Waals surface area (Å²) >= 11 is 0. The minimum absolute atomic E-state index is 0.316. The molecule has 0 aromatic heterocycles. The summed E-state index contributed by atoms with van der Waals surface area (Å²) in [5.41, 5.74) is 8.92. The van der Waals surface area contributed by atoms with Crippen LogP contribution >= 0.6 is 0 Å². The topological polar surface area (TPSA) is 38.5 Å². The average Bonchev–Trinajstić information content (AvgIpc) is 2.88. The quantitative estimate of drug-likeness (QED) is 0.906. The van der Waals surface area contributed by atoms with Gasteiger partial charge < -0.3 is 15.4 Å². The molecule has 0 radical (unpaired) electrons. The van der Waals surface area contributed by atoms with Gasteiger partial charge in [-0.2, -0.15) is 0 Å². The second-order valence-electron chi connectivity index (χ2n) is 5.63. The molecule has 0 bridgehead atoms. The van der Waals surface area contributed by atoms with Crippen molar-refractivity contribution in [1.29, 1.82) is 0 Å². The highest BCUT2D eigenvalue weighted by Crippen LogP contribution is 2.30. The highest BCUT2D eigenvalue weighted by molar-refractivity contribution is 5.55. The molecule has 0 amide bonds. The number of nitrogens with two attached hydrogens (primary N) is 1. The van der Waals surface area contributed by atoms with Crippen LogP contribution in [0.15, 0.2) is 24.3 Å². The fourth-order valence-electron chi connectivity index (χ4n) is 3.45. The molecule has 3 nitrogen and oxygen atoms in total. The second kappa shape index (κ2) is 5.93. The zero-order valence-electron chi connectivity index (χ0n) is 11.6. The smallest absolute Gasteiger partial charge is 0.0791 e. The SMILES string of the molecule is NCC(C1CCCO1)N1CCCCc2ccccc21. The van der Waals surface area contributed by atoms with Crippen molar-refractivity contribution in [2.45, 2.75) is 44.2 Å². The van der Waals surface area contributed by atoms with Crippen molar-refractivity contribution in [1.82, 2.24) is 0 Å². The molecule has 1 fully saturated rings. The number of hydrogen-bond acceptors (Lipinski definition) is 3. The van der Waals surface area contributed by atoms with Crippen molar-refractivity contribution >= 4 is 5.69 Å². The number of benzene rings is 1. The second-order valence-corrected chi connectivity index (χ2v) is 5.63. The van der Waals surface area contributed by atoms with Crippen molar-refractivity contribution in [2.24, 2.45) is 5.73 Å². The lowest BCUT2D eigenvalue weighted by molar-refractivity contribution is 0.0892. The van der Waals surface area contributed by atoms with Crippen molar-refractivity contribution in [3.05, 3.63) is 29.8 Å². The molecule has 0 aliphatic carbocycles. The van der Waals surface area contributed by atoms with E-state index in [4.69, 9.17) is 10.5 Å². The van der Waals surface area contributed by atoms with Crippen molar-refractivity contribution in [2.75, 3.05) is 24.6 Å². The first-order chi connectivity index (χ1) is 9.40. The Morgan fingerprint density at radius 1 is 1.26 bits per heavy atom. The lowest BCUT2D eigenvalue weighted by Gasteiger charge is -2.36. The molecule has 19 heavy (non-hydrogen) atoms. The Morgan fingerprint density at radius 2 is 2.16 bits per heavy atom. The molecular weight excluding hydrogens is 236 g/mol. The normalized spacial score (nSPS) is 24.9. The van der Waals surface area contributed by atoms with Crippen LogP contribution in [0, 0.1) is 0 Å². The molecule has 2 atom stereocenters. The first-order valence-corrected chi connectivity index (χ1v) is 7.56. The van der Waals surface area contributed by atoms with Gasteiger partial charge in [0.1, 0.15) is 0 Å². The zero-order chi connectivity index (χ0) is 13.1. The van der Waals surface area contributed by atoms with Crippen LogP contribution in [0.25, 0.3) is 0 Å². The molecule has 0 saturated carbocycles. The van der Waals surface area contributed by atoms with Gasteiger partial charge in [0.25, 0.3) is 0 Å². The van der Waals surface area contributed by atoms with Crippen LogP contribution in [0.4, 0.5) is 5.69 Å². The van der Waals surface area contributed by atoms with Crippen molar-refractivity contribution in [3.8, 4) is 0 Å². The van der Waals surface area contributed by atoms with E-state index in [9.17, 15) is 0 Å². The van der Waals surface area contributed by atoms with Crippen molar-refractivity contribution in [3.63, 3.8) is 0 Å². The number of rotatable bonds is 3. The largest absolute Gasteiger partial charge is 0.376 e. The van der Waals surface area contributed by atoms with E-state index in [0.29, 0.717) is 18.7 Å². The van der Waals surface area contributed by atoms with E-state index >= 15 is 0 Å². The maximum Gasteiger partial charge on any atom is 0.0791 e. The Hall–Kier alpha value is -1.06. The maximum absolute atomic E-state index is 6.07. The highest BCUT2D eigenvalue weighted by atomic mass is 16.5. The van der Waals surface area contributed by atoms with Gasteiger partial charge in [-0.3, -0.25) is 0 Å². The van der Waals surface area contributed by atoms with Crippen LogP contribution in [-0.4, -0.2) is 31.8 Å². The maximum atomic E-state index is 6.07. The molecule has 104 valence electrons. The summed E-state index contributed by atoms with van der Waals surface area (Å²) in [5.74, 6) is 0. The van der Waals surface area contributed by atoms with E-state index < -0.39 is 0 Å². The number of hydrogen-bond donors (Lipinski definition) is 1. The molecule has 2 aliphatic rings. The van der Waals surface area contributed by atoms with Crippen LogP contribution in [0.3, 0.4) is 0 Å². The van der Waals surface area contributed by atoms with Crippen LogP contribution in [0.1, 0.15) is 31.2 Å². The number of fused-ring (bicyclic) bond motifs is 1. The predicted molar refractivity (Wildman–Crippen MR) is 78.5 cm³/mol. The van der Waals surface area contributed by atoms with Gasteiger partial charge in [0.15, 0.2) is 0 Å². The molecule has 2 aliphatic heterocycles. The molecule has 2 heterocycles. The third-order valence-electron chi connectivity index (χ3n) is 4.43. The summed E-state index contributed by atoms with van der Waals surface area (Å²) in [4.78, 5) is 2.51. The third kappa shape index (κ3) is 2.63. The Labute approximate surface area is 115 Å². The van der Waals surface area contributed by atoms with E-state index in [2.05, 4.69) is 29.2 Å². The molecule has 2 N–H and O–H groups in total. The minimum atomic E-state index is 0.316. The summed E-state index contributed by atoms with van der Waals surface area (Å²) in [7, 11) is 0. The number of anilines is 1. The standard InChI is InChI=1S/C16H24N2O/c17-12-15(16-9-5-11-19-16)18-10-4-3-7-13-6-1-2-8-14(13)18/h1-2,6,8,15-16H,3-5,7,9-12,17H2.